The first-order valence-corrected chi connectivity index (χ1v) is 6.92. The van der Waals surface area contributed by atoms with Gasteiger partial charge < -0.3 is 10.6 Å². The number of fused-ring (bicyclic) bond motifs is 1. The lowest BCUT2D eigenvalue weighted by molar-refractivity contribution is 0.0736. The highest BCUT2D eigenvalue weighted by atomic mass is 32.1. The molecule has 0 saturated carbocycles. The molecule has 98 valence electrons. The molecular weight excluding hydrogens is 263 g/mol. The van der Waals surface area contributed by atoms with Gasteiger partial charge in [-0.1, -0.05) is 0 Å². The fraction of sp³-hybridized carbons (Fsp3) is 0.214. The van der Waals surface area contributed by atoms with E-state index in [0.717, 1.165) is 6.42 Å². The van der Waals surface area contributed by atoms with Crippen molar-refractivity contribution < 1.29 is 9.18 Å². The Labute approximate surface area is 114 Å². The Balaban J connectivity index is 1.83. The molecule has 0 bridgehead atoms. The molecule has 0 aliphatic carbocycles. The maximum Gasteiger partial charge on any atom is 0.254 e. The van der Waals surface area contributed by atoms with Crippen LogP contribution in [0.5, 0.6) is 0 Å². The normalized spacial score (nSPS) is 14.3. The highest BCUT2D eigenvalue weighted by Gasteiger charge is 2.22. The van der Waals surface area contributed by atoms with Crippen molar-refractivity contribution >= 4 is 22.9 Å². The second-order valence-corrected chi connectivity index (χ2v) is 5.58. The zero-order valence-corrected chi connectivity index (χ0v) is 11.0. The number of carbonyl (C=O) groups is 1. The molecule has 0 unspecified atom stereocenters. The number of carbonyl (C=O) groups excluding carboxylic acids is 1. The van der Waals surface area contributed by atoms with Gasteiger partial charge in [-0.15, -0.1) is 11.3 Å². The van der Waals surface area contributed by atoms with Gasteiger partial charge in [-0.25, -0.2) is 4.39 Å². The molecule has 0 radical (unpaired) electrons. The van der Waals surface area contributed by atoms with E-state index in [0.29, 0.717) is 18.7 Å². The molecule has 2 N–H and O–H groups in total. The van der Waals surface area contributed by atoms with Gasteiger partial charge in [0, 0.05) is 23.5 Å². The number of nitrogens with two attached hydrogens (primary N) is 1. The van der Waals surface area contributed by atoms with E-state index < -0.39 is 5.82 Å². The van der Waals surface area contributed by atoms with Crippen molar-refractivity contribution in [3.63, 3.8) is 0 Å². The number of hydrogen-bond donors (Lipinski definition) is 1. The largest absolute Gasteiger partial charge is 0.396 e. The first-order valence-electron chi connectivity index (χ1n) is 6.04. The lowest BCUT2D eigenvalue weighted by atomic mass is 10.1. The number of anilines is 1. The molecule has 1 aliphatic heterocycles. The predicted molar refractivity (Wildman–Crippen MR) is 73.6 cm³/mol. The number of benzene rings is 1. The Morgan fingerprint density at radius 3 is 3.00 bits per heavy atom. The zero-order chi connectivity index (χ0) is 13.4. The van der Waals surface area contributed by atoms with Gasteiger partial charge >= 0.3 is 0 Å². The highest BCUT2D eigenvalue weighted by Crippen LogP contribution is 2.25. The first-order chi connectivity index (χ1) is 9.15. The van der Waals surface area contributed by atoms with Crippen molar-refractivity contribution in [2.24, 2.45) is 0 Å². The fourth-order valence-corrected chi connectivity index (χ4v) is 3.17. The highest BCUT2D eigenvalue weighted by molar-refractivity contribution is 7.10. The van der Waals surface area contributed by atoms with Crippen LogP contribution in [0.1, 0.15) is 20.8 Å². The smallest absolute Gasteiger partial charge is 0.254 e. The fourth-order valence-electron chi connectivity index (χ4n) is 2.28. The van der Waals surface area contributed by atoms with Crippen molar-refractivity contribution in [2.45, 2.75) is 13.0 Å². The Hall–Kier alpha value is -1.88. The molecule has 2 heterocycles. The molecule has 1 aromatic heterocycles. The van der Waals surface area contributed by atoms with Crippen LogP contribution >= 0.6 is 11.3 Å². The van der Waals surface area contributed by atoms with Crippen LogP contribution in [-0.2, 0) is 13.0 Å². The number of amides is 1. The average molecular weight is 276 g/mol. The summed E-state index contributed by atoms with van der Waals surface area (Å²) in [4.78, 5) is 15.5. The summed E-state index contributed by atoms with van der Waals surface area (Å²) in [5, 5.41) is 2.05. The molecule has 5 heteroatoms. The minimum absolute atomic E-state index is 0.0130. The van der Waals surface area contributed by atoms with Crippen molar-refractivity contribution in [1.29, 1.82) is 0 Å². The molecular formula is C14H13FN2OS. The third kappa shape index (κ3) is 2.21. The van der Waals surface area contributed by atoms with E-state index in [1.54, 1.807) is 16.2 Å². The predicted octanol–water partition coefficient (Wildman–Crippen LogP) is 2.67. The lowest BCUT2D eigenvalue weighted by Crippen LogP contribution is -2.35. The summed E-state index contributed by atoms with van der Waals surface area (Å²) >= 11 is 1.73. The summed E-state index contributed by atoms with van der Waals surface area (Å²) in [7, 11) is 0. The molecule has 3 nitrogen and oxygen atoms in total. The van der Waals surface area contributed by atoms with E-state index in [1.807, 2.05) is 0 Å². The molecule has 0 saturated heterocycles. The number of nitrogens with zero attached hydrogens (tertiary/aromatic N) is 1. The molecule has 0 fully saturated rings. The maximum atomic E-state index is 13.1. The van der Waals surface area contributed by atoms with E-state index >= 15 is 0 Å². The molecule has 2 aromatic rings. The monoisotopic (exact) mass is 276 g/mol. The molecule has 1 amide bonds. The van der Waals surface area contributed by atoms with Crippen LogP contribution in [0.2, 0.25) is 0 Å². The third-order valence-corrected chi connectivity index (χ3v) is 4.36. The standard InChI is InChI=1S/C14H13FN2OS/c15-11-2-1-9(7-12(11)16)14(18)17-5-3-13-10(8-17)4-6-19-13/h1-2,4,6-7H,3,5,8,16H2. The van der Waals surface area contributed by atoms with Gasteiger partial charge in [-0.2, -0.15) is 0 Å². The van der Waals surface area contributed by atoms with Crippen LogP contribution in [0, 0.1) is 5.82 Å². The van der Waals surface area contributed by atoms with E-state index in [1.165, 1.54) is 28.6 Å². The van der Waals surface area contributed by atoms with Crippen molar-refractivity contribution in [2.75, 3.05) is 12.3 Å². The van der Waals surface area contributed by atoms with Gasteiger partial charge in [0.15, 0.2) is 0 Å². The first kappa shape index (κ1) is 12.2. The van der Waals surface area contributed by atoms with E-state index in [2.05, 4.69) is 11.4 Å². The quantitative estimate of drug-likeness (QED) is 0.814. The summed E-state index contributed by atoms with van der Waals surface area (Å²) < 4.78 is 13.1. The SMILES string of the molecule is Nc1cc(C(=O)N2CCc3sccc3C2)ccc1F. The summed E-state index contributed by atoms with van der Waals surface area (Å²) in [5.74, 6) is -0.584. The Morgan fingerprint density at radius 2 is 2.21 bits per heavy atom. The number of rotatable bonds is 1. The Bertz CT molecular complexity index is 638. The molecule has 3 rings (SSSR count). The van der Waals surface area contributed by atoms with Crippen molar-refractivity contribution in [1.82, 2.24) is 4.90 Å². The minimum Gasteiger partial charge on any atom is -0.396 e. The van der Waals surface area contributed by atoms with E-state index in [4.69, 9.17) is 5.73 Å². The second kappa shape index (κ2) is 4.66. The van der Waals surface area contributed by atoms with Crippen molar-refractivity contribution in [3.8, 4) is 0 Å². The van der Waals surface area contributed by atoms with Gasteiger partial charge in [-0.05, 0) is 41.6 Å². The van der Waals surface area contributed by atoms with Gasteiger partial charge in [0.05, 0.1) is 5.69 Å². The minimum atomic E-state index is -0.490. The number of halogens is 1. The van der Waals surface area contributed by atoms with Crippen LogP contribution in [-0.4, -0.2) is 17.4 Å². The topological polar surface area (TPSA) is 46.3 Å². The van der Waals surface area contributed by atoms with Crippen LogP contribution in [0.25, 0.3) is 0 Å². The second-order valence-electron chi connectivity index (χ2n) is 4.58. The molecule has 19 heavy (non-hydrogen) atoms. The molecule has 1 aromatic carbocycles. The molecule has 0 atom stereocenters. The Kier molecular flexibility index (Phi) is 2.98. The number of hydrogen-bond acceptors (Lipinski definition) is 3. The zero-order valence-electron chi connectivity index (χ0n) is 10.2. The van der Waals surface area contributed by atoms with Crippen LogP contribution in [0.3, 0.4) is 0 Å². The molecule has 0 spiro atoms. The van der Waals surface area contributed by atoms with Gasteiger partial charge in [0.2, 0.25) is 0 Å². The van der Waals surface area contributed by atoms with E-state index in [9.17, 15) is 9.18 Å². The number of nitrogen functional groups attached to an aromatic ring is 1. The maximum absolute atomic E-state index is 13.1. The third-order valence-electron chi connectivity index (χ3n) is 3.34. The van der Waals surface area contributed by atoms with Crippen molar-refractivity contribution in [3.05, 3.63) is 51.5 Å². The van der Waals surface area contributed by atoms with Gasteiger partial charge in [0.25, 0.3) is 5.91 Å². The summed E-state index contributed by atoms with van der Waals surface area (Å²) in [6.45, 7) is 1.32. The van der Waals surface area contributed by atoms with Gasteiger partial charge in [-0.3, -0.25) is 4.79 Å². The summed E-state index contributed by atoms with van der Waals surface area (Å²) in [6.07, 6.45) is 0.884. The molecule has 1 aliphatic rings. The van der Waals surface area contributed by atoms with Crippen LogP contribution < -0.4 is 5.73 Å². The van der Waals surface area contributed by atoms with Gasteiger partial charge in [0.1, 0.15) is 5.82 Å². The average Bonchev–Trinajstić information content (AvgIpc) is 2.88. The van der Waals surface area contributed by atoms with E-state index in [-0.39, 0.29) is 11.6 Å². The van der Waals surface area contributed by atoms with Crippen LogP contribution in [0.4, 0.5) is 10.1 Å². The number of thiophene rings is 1. The summed E-state index contributed by atoms with van der Waals surface area (Å²) in [6, 6.07) is 6.18. The summed E-state index contributed by atoms with van der Waals surface area (Å²) in [5.41, 5.74) is 7.17. The van der Waals surface area contributed by atoms with Crippen LogP contribution in [0.15, 0.2) is 29.6 Å². The Morgan fingerprint density at radius 1 is 1.37 bits per heavy atom. The lowest BCUT2D eigenvalue weighted by Gasteiger charge is -2.27.